The zero-order valence-electron chi connectivity index (χ0n) is 52.9. The van der Waals surface area contributed by atoms with Crippen LogP contribution in [0, 0.1) is 166 Å². The molecule has 0 radical (unpaired) electrons. The van der Waals surface area contributed by atoms with Gasteiger partial charge in [0.05, 0.1) is 0 Å². The largest absolute Gasteiger partial charge is 0.0651 e. The molecule has 8 saturated carbocycles. The van der Waals surface area contributed by atoms with Crippen molar-refractivity contribution in [2.75, 3.05) is 0 Å². The molecule has 70 heavy (non-hydrogen) atoms. The molecule has 0 bridgehead atoms. The number of rotatable bonds is 3. The number of hydrogen-bond acceptors (Lipinski definition) is 0. The van der Waals surface area contributed by atoms with Crippen molar-refractivity contribution in [3.05, 3.63) is 0 Å². The highest BCUT2D eigenvalue weighted by Crippen LogP contribution is 2.53. The fourth-order valence-electron chi connectivity index (χ4n) is 17.3. The van der Waals surface area contributed by atoms with Crippen molar-refractivity contribution in [1.82, 2.24) is 0 Å². The van der Waals surface area contributed by atoms with Crippen molar-refractivity contribution in [2.45, 2.75) is 282 Å². The SMILES string of the molecule is CC1CC(C)C(C)CC1C.CC1CC2CC(C)C(C)CC2CC1C.CC1CCC(C)C(C)C1C.CC1CCC(C)C2C(C)CCC(C)C12.CC1CCC2C(C)C(C)CCC2C1C.CCC(C)C(C)CC. The first-order chi connectivity index (χ1) is 32.7. The molecule has 24 unspecified atom stereocenters. The second-order valence-corrected chi connectivity index (χ2v) is 30.1. The normalized spacial score (nSPS) is 48.5. The standard InChI is InChI=1S/3C14H26.2C10H20.C8H18/c1-9-5-13-7-11(3)12(4)8-14(13)6-10(9)2;1-9-5-7-14-12(4)10(2)6-8-13(14)11(9)3;1-9-5-6-11(3)14-12(4)8-7-10(2)13(9)14;1-7-5-9(3)10(4)6-8(7)2;1-7-5-6-8(2)10(4)9(7)3;1-5-7(3)8(4)6-2/h3*9-14H,5-8H2,1-4H3;2*7-10H,5-6H2,1-4H3;7-8H,5-6H2,1-4H3. The summed E-state index contributed by atoms with van der Waals surface area (Å²) in [5.41, 5.74) is 0. The van der Waals surface area contributed by atoms with E-state index in [1.54, 1.807) is 0 Å². The summed E-state index contributed by atoms with van der Waals surface area (Å²) in [6.07, 6.45) is 26.5. The Balaban J connectivity index is 0.000000225. The van der Waals surface area contributed by atoms with Crippen molar-refractivity contribution in [3.63, 3.8) is 0 Å². The van der Waals surface area contributed by atoms with Gasteiger partial charge in [0.15, 0.2) is 0 Å². The highest BCUT2D eigenvalue weighted by molar-refractivity contribution is 4.94. The molecule has 0 saturated heterocycles. The van der Waals surface area contributed by atoms with E-state index in [0.29, 0.717) is 0 Å². The van der Waals surface area contributed by atoms with Gasteiger partial charge < -0.3 is 0 Å². The van der Waals surface area contributed by atoms with Gasteiger partial charge >= 0.3 is 0 Å². The Bertz CT molecular complexity index is 1210. The molecule has 8 rings (SSSR count). The molecule has 0 nitrogen and oxygen atoms in total. The highest BCUT2D eigenvalue weighted by atomic mass is 14.5. The Labute approximate surface area is 445 Å². The average Bonchev–Trinajstić information content (AvgIpc) is 3.32. The third kappa shape index (κ3) is 18.3. The lowest BCUT2D eigenvalue weighted by molar-refractivity contribution is -0.00927. The first kappa shape index (κ1) is 64.3. The van der Waals surface area contributed by atoms with E-state index >= 15 is 0 Å². The molecule has 0 N–H and O–H groups in total. The summed E-state index contributed by atoms with van der Waals surface area (Å²) in [5, 5.41) is 0. The van der Waals surface area contributed by atoms with Crippen LogP contribution < -0.4 is 0 Å². The quantitative estimate of drug-likeness (QED) is 0.264. The van der Waals surface area contributed by atoms with Gasteiger partial charge in [-0.1, -0.05) is 230 Å². The zero-order valence-corrected chi connectivity index (χ0v) is 52.9. The van der Waals surface area contributed by atoms with E-state index in [-0.39, 0.29) is 0 Å². The Hall–Kier alpha value is 0. The van der Waals surface area contributed by atoms with E-state index < -0.39 is 0 Å². The molecule has 0 aliphatic heterocycles. The van der Waals surface area contributed by atoms with Gasteiger partial charge in [0.1, 0.15) is 0 Å². The predicted molar refractivity (Wildman–Crippen MR) is 317 cm³/mol. The van der Waals surface area contributed by atoms with E-state index in [0.717, 1.165) is 166 Å². The van der Waals surface area contributed by atoms with Crippen molar-refractivity contribution in [1.29, 1.82) is 0 Å². The molecule has 8 fully saturated rings. The van der Waals surface area contributed by atoms with Crippen LogP contribution in [0.25, 0.3) is 0 Å². The molecule has 24 atom stereocenters. The minimum absolute atomic E-state index is 0.917. The molecule has 0 heteroatoms. The molecular formula is C70H136. The maximum absolute atomic E-state index is 2.50. The lowest BCUT2D eigenvalue weighted by Crippen LogP contribution is -2.43. The maximum Gasteiger partial charge on any atom is -0.0329 e. The Morgan fingerprint density at radius 1 is 0.243 bits per heavy atom. The lowest BCUT2D eigenvalue weighted by Gasteiger charge is -2.50. The molecule has 0 amide bonds. The highest BCUT2D eigenvalue weighted by Gasteiger charge is 2.44. The fourth-order valence-corrected chi connectivity index (χ4v) is 17.3. The van der Waals surface area contributed by atoms with Gasteiger partial charge in [-0.15, -0.1) is 0 Å². The second-order valence-electron chi connectivity index (χ2n) is 30.1. The first-order valence-corrected chi connectivity index (χ1v) is 32.7. The molecule has 8 aliphatic rings. The Morgan fingerprint density at radius 3 is 0.686 bits per heavy atom. The van der Waals surface area contributed by atoms with Gasteiger partial charge in [-0.3, -0.25) is 0 Å². The van der Waals surface area contributed by atoms with Crippen LogP contribution in [0.5, 0.6) is 0 Å². The van der Waals surface area contributed by atoms with Crippen LogP contribution in [-0.2, 0) is 0 Å². The molecule has 0 aromatic carbocycles. The first-order valence-electron chi connectivity index (χ1n) is 32.7. The molecule has 0 aromatic heterocycles. The molecule has 416 valence electrons. The summed E-state index contributed by atoms with van der Waals surface area (Å²) in [4.78, 5) is 0. The van der Waals surface area contributed by atoms with Gasteiger partial charge in [-0.25, -0.2) is 0 Å². The Kier molecular flexibility index (Phi) is 28.2. The lowest BCUT2D eigenvalue weighted by atomic mass is 9.55. The van der Waals surface area contributed by atoms with Crippen LogP contribution in [0.3, 0.4) is 0 Å². The topological polar surface area (TPSA) is 0 Å². The van der Waals surface area contributed by atoms with E-state index in [9.17, 15) is 0 Å². The van der Waals surface area contributed by atoms with E-state index in [1.807, 2.05) is 0 Å². The van der Waals surface area contributed by atoms with Crippen LogP contribution in [0.15, 0.2) is 0 Å². The van der Waals surface area contributed by atoms with Crippen LogP contribution in [0.1, 0.15) is 282 Å². The van der Waals surface area contributed by atoms with Crippen molar-refractivity contribution in [3.8, 4) is 0 Å². The van der Waals surface area contributed by atoms with Crippen LogP contribution >= 0.6 is 0 Å². The van der Waals surface area contributed by atoms with Crippen molar-refractivity contribution in [2.24, 2.45) is 166 Å². The summed E-state index contributed by atoms with van der Waals surface area (Å²) in [7, 11) is 0. The van der Waals surface area contributed by atoms with Crippen LogP contribution in [-0.4, -0.2) is 0 Å². The Morgan fingerprint density at radius 2 is 0.443 bits per heavy atom. The second kappa shape index (κ2) is 30.7. The van der Waals surface area contributed by atoms with Gasteiger partial charge in [0.25, 0.3) is 0 Å². The average molecular weight is 978 g/mol. The fraction of sp³-hybridized carbons (Fsp3) is 1.00. The van der Waals surface area contributed by atoms with Crippen LogP contribution in [0.4, 0.5) is 0 Å². The minimum atomic E-state index is 0.917. The van der Waals surface area contributed by atoms with Crippen molar-refractivity contribution < 1.29 is 0 Å². The van der Waals surface area contributed by atoms with Crippen molar-refractivity contribution >= 4 is 0 Å². The molecular weight excluding hydrogens is 841 g/mol. The molecule has 0 spiro atoms. The van der Waals surface area contributed by atoms with E-state index in [1.165, 1.54) is 116 Å². The van der Waals surface area contributed by atoms with Gasteiger partial charge in [-0.05, 0) is 217 Å². The number of hydrogen-bond donors (Lipinski definition) is 0. The van der Waals surface area contributed by atoms with Gasteiger partial charge in [0, 0.05) is 0 Å². The summed E-state index contributed by atoms with van der Waals surface area (Å²) >= 11 is 0. The third-order valence-corrected chi connectivity index (χ3v) is 25.5. The predicted octanol–water partition coefficient (Wildman–Crippen LogP) is 22.8. The maximum atomic E-state index is 2.50. The summed E-state index contributed by atoms with van der Waals surface area (Å²) in [6.45, 7) is 58.1. The van der Waals surface area contributed by atoms with Crippen LogP contribution in [0.2, 0.25) is 0 Å². The third-order valence-electron chi connectivity index (χ3n) is 25.5. The van der Waals surface area contributed by atoms with E-state index in [4.69, 9.17) is 0 Å². The monoisotopic (exact) mass is 977 g/mol. The van der Waals surface area contributed by atoms with Gasteiger partial charge in [-0.2, -0.15) is 0 Å². The summed E-state index contributed by atoms with van der Waals surface area (Å²) in [6, 6.07) is 0. The molecule has 8 aliphatic carbocycles. The molecule has 0 aromatic rings. The summed E-state index contributed by atoms with van der Waals surface area (Å²) in [5.74, 6) is 27.7. The van der Waals surface area contributed by atoms with E-state index in [2.05, 4.69) is 166 Å². The molecule has 0 heterocycles. The zero-order chi connectivity index (χ0) is 52.9. The van der Waals surface area contributed by atoms with Gasteiger partial charge in [0.2, 0.25) is 0 Å². The minimum Gasteiger partial charge on any atom is -0.0651 e. The summed E-state index contributed by atoms with van der Waals surface area (Å²) < 4.78 is 0. The number of fused-ring (bicyclic) bond motifs is 3. The smallest absolute Gasteiger partial charge is 0.0329 e.